The Hall–Kier alpha value is -2.06. The number of thiol groups is 1. The Morgan fingerprint density at radius 1 is 1.19 bits per heavy atom. The van der Waals surface area contributed by atoms with Gasteiger partial charge in [-0.1, -0.05) is 24.3 Å². The number of piperazine rings is 1. The molecule has 2 N–H and O–H groups in total. The van der Waals surface area contributed by atoms with Gasteiger partial charge in [-0.3, -0.25) is 15.1 Å². The molecule has 1 aromatic rings. The molecule has 0 unspecified atom stereocenters. The summed E-state index contributed by atoms with van der Waals surface area (Å²) < 4.78 is 5.42. The highest BCUT2D eigenvalue weighted by Crippen LogP contribution is 2.14. The molecule has 0 aliphatic carbocycles. The molecule has 1 heterocycles. The van der Waals surface area contributed by atoms with Crippen LogP contribution < -0.4 is 5.32 Å². The summed E-state index contributed by atoms with van der Waals surface area (Å²) in [6, 6.07) is 7.86. The van der Waals surface area contributed by atoms with Crippen molar-refractivity contribution in [3.63, 3.8) is 0 Å². The zero-order chi connectivity index (χ0) is 20.0. The van der Waals surface area contributed by atoms with Crippen molar-refractivity contribution in [2.24, 2.45) is 0 Å². The number of ether oxygens (including phenoxy) is 1. The van der Waals surface area contributed by atoms with Gasteiger partial charge in [0.25, 0.3) is 0 Å². The molecule has 2 rings (SSSR count). The molecule has 7 nitrogen and oxygen atoms in total. The highest BCUT2D eigenvalue weighted by Gasteiger charge is 2.25. The highest BCUT2D eigenvalue weighted by atomic mass is 32.1. The van der Waals surface area contributed by atoms with Gasteiger partial charge in [-0.05, 0) is 31.9 Å². The fraction of sp³-hybridized carbons (Fsp3) is 0.526. The first kappa shape index (κ1) is 21.2. The number of rotatable bonds is 4. The van der Waals surface area contributed by atoms with E-state index >= 15 is 0 Å². The van der Waals surface area contributed by atoms with Gasteiger partial charge in [-0.2, -0.15) is 0 Å². The molecule has 0 bridgehead atoms. The second kappa shape index (κ2) is 9.23. The molecule has 1 aliphatic rings. The quantitative estimate of drug-likeness (QED) is 0.417. The molecule has 0 spiro atoms. The summed E-state index contributed by atoms with van der Waals surface area (Å²) in [5.41, 5.74) is 1.53. The Bertz CT molecular complexity index is 694. The number of amides is 2. The SMILES string of the molecule is CC(C)(C)OC(=O)N1CCN(Cc2cccc(CC(=O)NC(=N)S)c2)CC1. The Morgan fingerprint density at radius 3 is 2.41 bits per heavy atom. The van der Waals surface area contributed by atoms with Gasteiger partial charge in [-0.15, -0.1) is 12.6 Å². The number of carbonyl (C=O) groups excluding carboxylic acids is 2. The van der Waals surface area contributed by atoms with Crippen LogP contribution in [0.2, 0.25) is 0 Å². The van der Waals surface area contributed by atoms with Crippen LogP contribution in [0.1, 0.15) is 31.9 Å². The number of carbonyl (C=O) groups is 2. The minimum Gasteiger partial charge on any atom is -0.444 e. The third-order valence-corrected chi connectivity index (χ3v) is 4.16. The van der Waals surface area contributed by atoms with Crippen molar-refractivity contribution in [1.29, 1.82) is 5.41 Å². The third kappa shape index (κ3) is 7.60. The van der Waals surface area contributed by atoms with Crippen LogP contribution in [0.25, 0.3) is 0 Å². The number of nitrogens with one attached hydrogen (secondary N) is 2. The van der Waals surface area contributed by atoms with E-state index in [0.717, 1.165) is 30.8 Å². The lowest BCUT2D eigenvalue weighted by Crippen LogP contribution is -2.49. The van der Waals surface area contributed by atoms with E-state index in [-0.39, 0.29) is 23.6 Å². The Labute approximate surface area is 166 Å². The van der Waals surface area contributed by atoms with E-state index in [0.29, 0.717) is 13.1 Å². The van der Waals surface area contributed by atoms with Gasteiger partial charge in [0, 0.05) is 32.7 Å². The molecule has 1 aliphatic heterocycles. The number of hydrogen-bond acceptors (Lipinski definition) is 5. The Kier molecular flexibility index (Phi) is 7.26. The average molecular weight is 393 g/mol. The first-order chi connectivity index (χ1) is 12.6. The first-order valence-corrected chi connectivity index (χ1v) is 9.42. The van der Waals surface area contributed by atoms with Gasteiger partial charge in [0.15, 0.2) is 5.17 Å². The summed E-state index contributed by atoms with van der Waals surface area (Å²) in [7, 11) is 0. The number of hydrogen-bond donors (Lipinski definition) is 3. The Morgan fingerprint density at radius 2 is 1.81 bits per heavy atom. The molecular formula is C19H28N4O3S. The largest absolute Gasteiger partial charge is 0.444 e. The van der Waals surface area contributed by atoms with Crippen molar-refractivity contribution >= 4 is 29.8 Å². The van der Waals surface area contributed by atoms with Gasteiger partial charge >= 0.3 is 6.09 Å². The fourth-order valence-electron chi connectivity index (χ4n) is 2.87. The first-order valence-electron chi connectivity index (χ1n) is 8.98. The number of benzene rings is 1. The number of nitrogens with zero attached hydrogens (tertiary/aromatic N) is 2. The summed E-state index contributed by atoms with van der Waals surface area (Å²) in [4.78, 5) is 27.9. The van der Waals surface area contributed by atoms with Crippen LogP contribution in [0.5, 0.6) is 0 Å². The molecule has 1 aromatic carbocycles. The summed E-state index contributed by atoms with van der Waals surface area (Å²) in [6.07, 6.45) is -0.0478. The van der Waals surface area contributed by atoms with Crippen molar-refractivity contribution in [3.8, 4) is 0 Å². The van der Waals surface area contributed by atoms with Crippen LogP contribution in [-0.2, 0) is 22.5 Å². The monoisotopic (exact) mass is 392 g/mol. The van der Waals surface area contributed by atoms with Crippen LogP contribution in [0.15, 0.2) is 24.3 Å². The van der Waals surface area contributed by atoms with E-state index in [1.165, 1.54) is 0 Å². The maximum atomic E-state index is 12.1. The van der Waals surface area contributed by atoms with E-state index in [4.69, 9.17) is 10.1 Å². The lowest BCUT2D eigenvalue weighted by Gasteiger charge is -2.35. The van der Waals surface area contributed by atoms with Gasteiger partial charge in [0.2, 0.25) is 5.91 Å². The lowest BCUT2D eigenvalue weighted by atomic mass is 10.1. The number of amidine groups is 1. The van der Waals surface area contributed by atoms with E-state index in [9.17, 15) is 9.59 Å². The molecule has 27 heavy (non-hydrogen) atoms. The smallest absolute Gasteiger partial charge is 0.410 e. The molecule has 0 radical (unpaired) electrons. The zero-order valence-electron chi connectivity index (χ0n) is 16.1. The van der Waals surface area contributed by atoms with Crippen molar-refractivity contribution in [1.82, 2.24) is 15.1 Å². The third-order valence-electron chi connectivity index (χ3n) is 4.04. The summed E-state index contributed by atoms with van der Waals surface area (Å²) in [5, 5.41) is 9.40. The predicted octanol–water partition coefficient (Wildman–Crippen LogP) is 2.26. The topological polar surface area (TPSA) is 85.7 Å². The molecule has 0 atom stereocenters. The predicted molar refractivity (Wildman–Crippen MR) is 108 cm³/mol. The molecule has 1 saturated heterocycles. The normalized spacial score (nSPS) is 15.3. The summed E-state index contributed by atoms with van der Waals surface area (Å²) >= 11 is 3.76. The second-order valence-electron chi connectivity index (χ2n) is 7.64. The highest BCUT2D eigenvalue weighted by molar-refractivity contribution is 7.96. The van der Waals surface area contributed by atoms with E-state index in [1.807, 2.05) is 45.0 Å². The lowest BCUT2D eigenvalue weighted by molar-refractivity contribution is -0.119. The van der Waals surface area contributed by atoms with Crippen LogP contribution >= 0.6 is 12.6 Å². The molecular weight excluding hydrogens is 364 g/mol. The minimum absolute atomic E-state index is 0.154. The summed E-state index contributed by atoms with van der Waals surface area (Å²) in [5.74, 6) is -0.252. The summed E-state index contributed by atoms with van der Waals surface area (Å²) in [6.45, 7) is 9.21. The van der Waals surface area contributed by atoms with Gasteiger partial charge < -0.3 is 15.0 Å². The van der Waals surface area contributed by atoms with Crippen LogP contribution in [0.3, 0.4) is 0 Å². The van der Waals surface area contributed by atoms with E-state index in [2.05, 4.69) is 22.8 Å². The van der Waals surface area contributed by atoms with E-state index < -0.39 is 5.60 Å². The zero-order valence-corrected chi connectivity index (χ0v) is 17.0. The van der Waals surface area contributed by atoms with Crippen molar-refractivity contribution < 1.29 is 14.3 Å². The van der Waals surface area contributed by atoms with Crippen molar-refractivity contribution in [2.75, 3.05) is 26.2 Å². The maximum absolute atomic E-state index is 12.1. The Balaban J connectivity index is 1.85. The maximum Gasteiger partial charge on any atom is 0.410 e. The molecule has 2 amide bonds. The standard InChI is InChI=1S/C19H28N4O3S/c1-19(2,3)26-18(25)23-9-7-22(8-10-23)13-15-6-4-5-14(11-15)12-16(24)21-17(20)27/h4-6,11H,7-10,12-13H2,1-3H3,(H3,20,21,24,27). The van der Waals surface area contributed by atoms with Crippen LogP contribution in [0, 0.1) is 5.41 Å². The second-order valence-corrected chi connectivity index (χ2v) is 8.08. The molecule has 8 heteroatoms. The van der Waals surface area contributed by atoms with E-state index in [1.54, 1.807) is 4.90 Å². The van der Waals surface area contributed by atoms with Crippen LogP contribution in [0.4, 0.5) is 4.79 Å². The minimum atomic E-state index is -0.480. The van der Waals surface area contributed by atoms with Crippen molar-refractivity contribution in [3.05, 3.63) is 35.4 Å². The molecule has 148 valence electrons. The van der Waals surface area contributed by atoms with Gasteiger partial charge in [-0.25, -0.2) is 4.79 Å². The van der Waals surface area contributed by atoms with Gasteiger partial charge in [0.05, 0.1) is 6.42 Å². The van der Waals surface area contributed by atoms with Crippen molar-refractivity contribution in [2.45, 2.75) is 39.3 Å². The average Bonchev–Trinajstić information content (AvgIpc) is 2.53. The molecule has 1 fully saturated rings. The van der Waals surface area contributed by atoms with Gasteiger partial charge in [0.1, 0.15) is 5.60 Å². The van der Waals surface area contributed by atoms with Crippen LogP contribution in [-0.4, -0.2) is 58.7 Å². The molecule has 0 aromatic heterocycles. The molecule has 0 saturated carbocycles. The fourth-order valence-corrected chi connectivity index (χ4v) is 3.00.